The average Bonchev–Trinajstić information content (AvgIpc) is 3.01. The molecule has 2 amide bonds. The van der Waals surface area contributed by atoms with Crippen molar-refractivity contribution in [3.8, 4) is 0 Å². The Morgan fingerprint density at radius 2 is 1.85 bits per heavy atom. The van der Waals surface area contributed by atoms with Crippen LogP contribution in [0, 0.1) is 0 Å². The highest BCUT2D eigenvalue weighted by atomic mass is 35.5. The lowest BCUT2D eigenvalue weighted by molar-refractivity contribution is -0.180. The van der Waals surface area contributed by atoms with Crippen molar-refractivity contribution in [1.82, 2.24) is 15.6 Å². The highest BCUT2D eigenvalue weighted by Crippen LogP contribution is 2.51. The summed E-state index contributed by atoms with van der Waals surface area (Å²) in [6.07, 6.45) is -2.15. The summed E-state index contributed by atoms with van der Waals surface area (Å²) >= 11 is 1.38. The third kappa shape index (κ3) is 5.57. The number of benzene rings is 1. The summed E-state index contributed by atoms with van der Waals surface area (Å²) in [5.74, 6) is 4.00. The number of hydrogen-bond donors (Lipinski definition) is 3. The van der Waals surface area contributed by atoms with Gasteiger partial charge in [-0.15, -0.1) is 24.2 Å². The van der Waals surface area contributed by atoms with Gasteiger partial charge in [-0.3, -0.25) is 15.4 Å². The lowest BCUT2D eigenvalue weighted by Crippen LogP contribution is -2.71. The van der Waals surface area contributed by atoms with Crippen LogP contribution in [0.5, 0.6) is 0 Å². The standard InChI is InChI=1S/C21H28N4O7S.ClH/c1-5-30-20(29)32-11(2)31-19(28)15-21(3,4)33-18-14(17(27)25(15)18)23-16(26)13(24-22)12-9-7-6-8-10-12;/h6-11,13-15,18,24H,5,22H2,1-4H3,(H,23,26);1H/t11-,13?,14+,15+,18-;/m1./s1. The molecule has 3 rings (SSSR count). The Bertz CT molecular complexity index is 920. The minimum absolute atomic E-state index is 0. The molecule has 13 heteroatoms. The molecule has 2 aliphatic heterocycles. The molecule has 34 heavy (non-hydrogen) atoms. The van der Waals surface area contributed by atoms with Crippen molar-refractivity contribution < 1.29 is 33.4 Å². The van der Waals surface area contributed by atoms with Crippen molar-refractivity contribution in [1.29, 1.82) is 0 Å². The Hall–Kier alpha value is -2.54. The minimum atomic E-state index is -1.19. The number of hydrogen-bond acceptors (Lipinski definition) is 10. The summed E-state index contributed by atoms with van der Waals surface area (Å²) in [7, 11) is 0. The molecule has 0 spiro atoms. The molecule has 1 unspecified atom stereocenters. The first kappa shape index (κ1) is 27.7. The van der Waals surface area contributed by atoms with E-state index in [1.54, 1.807) is 45.0 Å². The van der Waals surface area contributed by atoms with Crippen LogP contribution < -0.4 is 16.6 Å². The Balaban J connectivity index is 0.00000408. The van der Waals surface area contributed by atoms with Crippen LogP contribution in [0.15, 0.2) is 30.3 Å². The van der Waals surface area contributed by atoms with E-state index in [1.807, 2.05) is 6.07 Å². The Morgan fingerprint density at radius 1 is 1.21 bits per heavy atom. The fraction of sp³-hybridized carbons (Fsp3) is 0.524. The molecule has 0 radical (unpaired) electrons. The van der Waals surface area contributed by atoms with Gasteiger partial charge in [-0.2, -0.15) is 0 Å². The van der Waals surface area contributed by atoms with E-state index in [2.05, 4.69) is 15.5 Å². The molecule has 0 aliphatic carbocycles. The number of carbonyl (C=O) groups excluding carboxylic acids is 4. The van der Waals surface area contributed by atoms with E-state index in [-0.39, 0.29) is 19.0 Å². The minimum Gasteiger partial charge on any atom is -0.435 e. The van der Waals surface area contributed by atoms with Crippen molar-refractivity contribution in [2.75, 3.05) is 6.61 Å². The molecule has 4 N–H and O–H groups in total. The second-order valence-corrected chi connectivity index (χ2v) is 9.83. The molecular formula is C21H29ClN4O7S. The van der Waals surface area contributed by atoms with E-state index < -0.39 is 58.5 Å². The lowest BCUT2D eigenvalue weighted by Gasteiger charge is -2.44. The van der Waals surface area contributed by atoms with Crippen LogP contribution in [0.1, 0.15) is 39.3 Å². The van der Waals surface area contributed by atoms with Gasteiger partial charge < -0.3 is 24.4 Å². The molecular weight excluding hydrogens is 488 g/mol. The largest absolute Gasteiger partial charge is 0.511 e. The molecule has 11 nitrogen and oxygen atoms in total. The summed E-state index contributed by atoms with van der Waals surface area (Å²) in [5, 5.41) is 2.28. The molecule has 2 aliphatic rings. The first-order valence-electron chi connectivity index (χ1n) is 10.5. The van der Waals surface area contributed by atoms with Crippen molar-refractivity contribution in [2.45, 2.75) is 62.2 Å². The second kappa shape index (κ2) is 11.3. The van der Waals surface area contributed by atoms with Crippen LogP contribution in [0.25, 0.3) is 0 Å². The van der Waals surface area contributed by atoms with Gasteiger partial charge in [0.05, 0.1) is 6.61 Å². The van der Waals surface area contributed by atoms with E-state index >= 15 is 0 Å². The molecule has 0 saturated carbocycles. The van der Waals surface area contributed by atoms with Crippen LogP contribution >= 0.6 is 24.2 Å². The van der Waals surface area contributed by atoms with Gasteiger partial charge in [-0.05, 0) is 26.3 Å². The van der Waals surface area contributed by atoms with E-state index in [4.69, 9.17) is 15.3 Å². The first-order chi connectivity index (χ1) is 15.6. The number of ether oxygens (including phenoxy) is 3. The number of amides is 2. The van der Waals surface area contributed by atoms with Gasteiger partial charge in [-0.25, -0.2) is 15.0 Å². The summed E-state index contributed by atoms with van der Waals surface area (Å²) in [5.41, 5.74) is 3.12. The zero-order chi connectivity index (χ0) is 24.3. The number of nitrogens with one attached hydrogen (secondary N) is 2. The number of carbonyl (C=O) groups is 4. The van der Waals surface area contributed by atoms with Gasteiger partial charge in [0.2, 0.25) is 18.1 Å². The third-order valence-corrected chi connectivity index (χ3v) is 6.90. The Kier molecular flexibility index (Phi) is 9.17. The summed E-state index contributed by atoms with van der Waals surface area (Å²) in [4.78, 5) is 51.4. The van der Waals surface area contributed by atoms with Crippen LogP contribution in [-0.2, 0) is 28.6 Å². The SMILES string of the molecule is CCOC(=O)O[C@H](C)OC(=O)[C@@H]1N2C(=O)[C@H](NC(=O)C(NN)c3ccccc3)[C@H]2SC1(C)C.Cl. The maximum atomic E-state index is 12.9. The van der Waals surface area contributed by atoms with Crippen molar-refractivity contribution >= 4 is 48.1 Å². The van der Waals surface area contributed by atoms with Crippen LogP contribution in [0.2, 0.25) is 0 Å². The fourth-order valence-corrected chi connectivity index (χ4v) is 5.49. The molecule has 0 bridgehead atoms. The number of β-lactam (4-membered cyclic amide) rings is 1. The van der Waals surface area contributed by atoms with Gasteiger partial charge in [0.1, 0.15) is 23.5 Å². The molecule has 0 aromatic heterocycles. The highest BCUT2D eigenvalue weighted by molar-refractivity contribution is 8.01. The highest BCUT2D eigenvalue weighted by Gasteiger charge is 2.64. The van der Waals surface area contributed by atoms with Crippen LogP contribution in [0.3, 0.4) is 0 Å². The fourth-order valence-electron chi connectivity index (χ4n) is 3.87. The zero-order valence-electron chi connectivity index (χ0n) is 19.2. The maximum Gasteiger partial charge on any atom is 0.511 e. The molecule has 2 heterocycles. The number of rotatable bonds is 8. The van der Waals surface area contributed by atoms with Gasteiger partial charge in [-0.1, -0.05) is 30.3 Å². The number of thioether (sulfide) groups is 1. The molecule has 2 fully saturated rings. The zero-order valence-corrected chi connectivity index (χ0v) is 20.8. The number of esters is 1. The van der Waals surface area contributed by atoms with Gasteiger partial charge >= 0.3 is 12.1 Å². The van der Waals surface area contributed by atoms with Gasteiger partial charge in [0, 0.05) is 11.7 Å². The topological polar surface area (TPSA) is 149 Å². The summed E-state index contributed by atoms with van der Waals surface area (Å²) < 4.78 is 14.1. The number of fused-ring (bicyclic) bond motifs is 1. The lowest BCUT2D eigenvalue weighted by atomic mass is 9.95. The summed E-state index contributed by atoms with van der Waals surface area (Å²) in [6, 6.07) is 6.30. The second-order valence-electron chi connectivity index (χ2n) is 8.06. The number of hydrazine groups is 1. The smallest absolute Gasteiger partial charge is 0.435 e. The first-order valence-corrected chi connectivity index (χ1v) is 11.3. The van der Waals surface area contributed by atoms with E-state index in [1.165, 1.54) is 23.6 Å². The van der Waals surface area contributed by atoms with Crippen molar-refractivity contribution in [3.05, 3.63) is 35.9 Å². The monoisotopic (exact) mass is 516 g/mol. The molecule has 5 atom stereocenters. The normalized spacial score (nSPS) is 24.0. The van der Waals surface area contributed by atoms with Crippen LogP contribution in [0.4, 0.5) is 4.79 Å². The Labute approximate surface area is 207 Å². The predicted molar refractivity (Wildman–Crippen MR) is 125 cm³/mol. The van der Waals surface area contributed by atoms with E-state index in [0.29, 0.717) is 5.56 Å². The molecule has 1 aromatic carbocycles. The van der Waals surface area contributed by atoms with E-state index in [0.717, 1.165) is 0 Å². The van der Waals surface area contributed by atoms with E-state index in [9.17, 15) is 19.2 Å². The van der Waals surface area contributed by atoms with Gasteiger partial charge in [0.25, 0.3) is 0 Å². The maximum absolute atomic E-state index is 12.9. The van der Waals surface area contributed by atoms with Crippen LogP contribution in [-0.4, -0.2) is 63.9 Å². The van der Waals surface area contributed by atoms with Crippen molar-refractivity contribution in [3.63, 3.8) is 0 Å². The number of nitrogens with two attached hydrogens (primary N) is 1. The van der Waals surface area contributed by atoms with Gasteiger partial charge in [0.15, 0.2) is 0 Å². The molecule has 1 aromatic rings. The molecule has 2 saturated heterocycles. The Morgan fingerprint density at radius 3 is 2.44 bits per heavy atom. The quantitative estimate of drug-likeness (QED) is 0.151. The van der Waals surface area contributed by atoms with Crippen molar-refractivity contribution in [2.24, 2.45) is 5.84 Å². The number of nitrogens with zero attached hydrogens (tertiary/aromatic N) is 1. The summed E-state index contributed by atoms with van der Waals surface area (Å²) in [6.45, 7) is 6.73. The third-order valence-electron chi connectivity index (χ3n) is 5.33. The number of halogens is 1. The average molecular weight is 517 g/mol. The predicted octanol–water partition coefficient (Wildman–Crippen LogP) is 1.22. The molecule has 188 valence electrons.